The molecule has 0 amide bonds. The van der Waals surface area contributed by atoms with Crippen LogP contribution in [0.4, 0.5) is 0 Å². The number of rotatable bonds is 4. The van der Waals surface area contributed by atoms with Crippen molar-refractivity contribution >= 4 is 65.4 Å². The number of fused-ring (bicyclic) bond motifs is 9. The highest BCUT2D eigenvalue weighted by Gasteiger charge is 2.18. The van der Waals surface area contributed by atoms with Gasteiger partial charge >= 0.3 is 0 Å². The molecule has 0 aliphatic carbocycles. The summed E-state index contributed by atoms with van der Waals surface area (Å²) in [5.41, 5.74) is 13.0. The van der Waals surface area contributed by atoms with Crippen molar-refractivity contribution in [2.24, 2.45) is 0 Å². The van der Waals surface area contributed by atoms with Crippen LogP contribution in [0.3, 0.4) is 0 Å². The SMILES string of the molecule is c1ccc(-c2cccc(-n3c4ccccc4c4ccc(-n5c6ccccc6c6ccc(-n7c8ccccc8c8ccccc87)cc65)cc43)c2)cc1. The van der Waals surface area contributed by atoms with Crippen LogP contribution in [0.15, 0.2) is 188 Å². The quantitative estimate of drug-likeness (QED) is 0.180. The van der Waals surface area contributed by atoms with Crippen LogP contribution >= 0.6 is 0 Å². The van der Waals surface area contributed by atoms with Gasteiger partial charge in [-0.2, -0.15) is 0 Å². The summed E-state index contributed by atoms with van der Waals surface area (Å²) < 4.78 is 7.29. The molecule has 0 saturated carbocycles. The Morgan fingerprint density at radius 2 is 0.569 bits per heavy atom. The number of aromatic nitrogens is 3. The molecule has 0 bridgehead atoms. The third-order valence-electron chi connectivity index (χ3n) is 10.6. The van der Waals surface area contributed by atoms with E-state index >= 15 is 0 Å². The minimum atomic E-state index is 1.14. The zero-order valence-corrected chi connectivity index (χ0v) is 27.7. The monoisotopic (exact) mass is 649 g/mol. The van der Waals surface area contributed by atoms with Gasteiger partial charge in [0.05, 0.1) is 33.1 Å². The van der Waals surface area contributed by atoms with Gasteiger partial charge in [-0.15, -0.1) is 0 Å². The van der Waals surface area contributed by atoms with Gasteiger partial charge < -0.3 is 13.7 Å². The Kier molecular flexibility index (Phi) is 5.96. The molecule has 11 rings (SSSR count). The number of para-hydroxylation sites is 4. The maximum atomic E-state index is 2.45. The summed E-state index contributed by atoms with van der Waals surface area (Å²) in [6.45, 7) is 0. The van der Waals surface area contributed by atoms with Gasteiger partial charge in [0.2, 0.25) is 0 Å². The Balaban J connectivity index is 1.18. The van der Waals surface area contributed by atoms with E-state index in [1.54, 1.807) is 0 Å². The fourth-order valence-electron chi connectivity index (χ4n) is 8.41. The van der Waals surface area contributed by atoms with Crippen LogP contribution < -0.4 is 0 Å². The topological polar surface area (TPSA) is 14.8 Å². The third-order valence-corrected chi connectivity index (χ3v) is 10.6. The van der Waals surface area contributed by atoms with Gasteiger partial charge in [0.25, 0.3) is 0 Å². The maximum Gasteiger partial charge on any atom is 0.0561 e. The van der Waals surface area contributed by atoms with Crippen LogP contribution in [0, 0.1) is 0 Å². The molecule has 0 fully saturated rings. The van der Waals surface area contributed by atoms with Crippen LogP contribution in [-0.4, -0.2) is 13.7 Å². The molecule has 0 N–H and O–H groups in total. The molecule has 0 atom stereocenters. The molecule has 3 heteroatoms. The predicted molar refractivity (Wildman–Crippen MR) is 215 cm³/mol. The van der Waals surface area contributed by atoms with Gasteiger partial charge in [-0.3, -0.25) is 0 Å². The molecule has 0 radical (unpaired) electrons. The molecule has 3 nitrogen and oxygen atoms in total. The number of benzene rings is 8. The van der Waals surface area contributed by atoms with Crippen LogP contribution in [0.1, 0.15) is 0 Å². The normalized spacial score (nSPS) is 11.9. The van der Waals surface area contributed by atoms with E-state index in [0.717, 1.165) is 17.1 Å². The van der Waals surface area contributed by atoms with Gasteiger partial charge in [0.1, 0.15) is 0 Å². The van der Waals surface area contributed by atoms with Crippen LogP contribution in [-0.2, 0) is 0 Å². The lowest BCUT2D eigenvalue weighted by molar-refractivity contribution is 1.14. The highest BCUT2D eigenvalue weighted by atomic mass is 15.0. The summed E-state index contributed by atoms with van der Waals surface area (Å²) in [5.74, 6) is 0. The molecule has 0 spiro atoms. The molecule has 0 unspecified atom stereocenters. The fourth-order valence-corrected chi connectivity index (χ4v) is 8.41. The first-order chi connectivity index (χ1) is 25.3. The first kappa shape index (κ1) is 28.0. The number of hydrogen-bond donors (Lipinski definition) is 0. The third kappa shape index (κ3) is 4.12. The molecular weight excluding hydrogens is 619 g/mol. The predicted octanol–water partition coefficient (Wildman–Crippen LogP) is 12.6. The van der Waals surface area contributed by atoms with Gasteiger partial charge in [-0.1, -0.05) is 127 Å². The fraction of sp³-hybridized carbons (Fsp3) is 0. The largest absolute Gasteiger partial charge is 0.309 e. The van der Waals surface area contributed by atoms with E-state index in [1.807, 2.05) is 0 Å². The van der Waals surface area contributed by atoms with E-state index in [4.69, 9.17) is 0 Å². The maximum absolute atomic E-state index is 2.45. The second-order valence-corrected chi connectivity index (χ2v) is 13.4. The van der Waals surface area contributed by atoms with Crippen molar-refractivity contribution in [3.63, 3.8) is 0 Å². The first-order valence-corrected chi connectivity index (χ1v) is 17.5. The standard InChI is InChI=1S/C48H31N3/c1-2-13-32(14-3-1)33-15-12-16-34(29-33)50-45-23-10-6-19-39(45)41-28-26-36(31-47(41)50)51-46-24-11-7-20-40(46)42-27-25-35(30-48(42)51)49-43-21-8-4-17-37(43)38-18-5-9-22-44(38)49/h1-31H. The van der Waals surface area contributed by atoms with Crippen LogP contribution in [0.25, 0.3) is 93.6 Å². The Morgan fingerprint density at radius 3 is 1.04 bits per heavy atom. The summed E-state index contributed by atoms with van der Waals surface area (Å²) in [4.78, 5) is 0. The molecule has 3 heterocycles. The van der Waals surface area contributed by atoms with Gasteiger partial charge in [-0.25, -0.2) is 0 Å². The van der Waals surface area contributed by atoms with Gasteiger partial charge in [0.15, 0.2) is 0 Å². The van der Waals surface area contributed by atoms with E-state index in [9.17, 15) is 0 Å². The molecule has 0 aliphatic rings. The number of hydrogen-bond acceptors (Lipinski definition) is 0. The van der Waals surface area contributed by atoms with Crippen molar-refractivity contribution in [3.05, 3.63) is 188 Å². The summed E-state index contributed by atoms with van der Waals surface area (Å²) in [6.07, 6.45) is 0. The molecule has 0 aliphatic heterocycles. The molecule has 0 saturated heterocycles. The second-order valence-electron chi connectivity index (χ2n) is 13.4. The van der Waals surface area contributed by atoms with Crippen molar-refractivity contribution in [1.82, 2.24) is 13.7 Å². The minimum Gasteiger partial charge on any atom is -0.309 e. The molecule has 11 aromatic rings. The van der Waals surface area contributed by atoms with Crippen molar-refractivity contribution in [2.45, 2.75) is 0 Å². The highest BCUT2D eigenvalue weighted by molar-refractivity contribution is 6.13. The van der Waals surface area contributed by atoms with Crippen LogP contribution in [0.2, 0.25) is 0 Å². The van der Waals surface area contributed by atoms with Gasteiger partial charge in [0, 0.05) is 49.4 Å². The van der Waals surface area contributed by atoms with Gasteiger partial charge in [-0.05, 0) is 71.8 Å². The Bertz CT molecular complexity index is 3080. The van der Waals surface area contributed by atoms with E-state index in [1.165, 1.54) is 76.5 Å². The highest BCUT2D eigenvalue weighted by Crippen LogP contribution is 2.39. The summed E-state index contributed by atoms with van der Waals surface area (Å²) >= 11 is 0. The Morgan fingerprint density at radius 1 is 0.216 bits per heavy atom. The first-order valence-electron chi connectivity index (χ1n) is 17.5. The Hall–Kier alpha value is -6.84. The minimum absolute atomic E-state index is 1.14. The smallest absolute Gasteiger partial charge is 0.0561 e. The molecular formula is C48H31N3. The average molecular weight is 650 g/mol. The summed E-state index contributed by atoms with van der Waals surface area (Å²) in [7, 11) is 0. The zero-order chi connectivity index (χ0) is 33.5. The zero-order valence-electron chi connectivity index (χ0n) is 27.7. The lowest BCUT2D eigenvalue weighted by Gasteiger charge is -2.13. The lowest BCUT2D eigenvalue weighted by Crippen LogP contribution is -1.98. The van der Waals surface area contributed by atoms with E-state index in [2.05, 4.69) is 202 Å². The van der Waals surface area contributed by atoms with E-state index in [-0.39, 0.29) is 0 Å². The van der Waals surface area contributed by atoms with Crippen molar-refractivity contribution in [1.29, 1.82) is 0 Å². The average Bonchev–Trinajstić information content (AvgIpc) is 3.83. The molecule has 51 heavy (non-hydrogen) atoms. The molecule has 8 aromatic carbocycles. The molecule has 238 valence electrons. The van der Waals surface area contributed by atoms with Crippen molar-refractivity contribution in [2.75, 3.05) is 0 Å². The summed E-state index contributed by atoms with van der Waals surface area (Å²) in [5, 5.41) is 7.52. The summed E-state index contributed by atoms with van der Waals surface area (Å²) in [6, 6.07) is 68.5. The van der Waals surface area contributed by atoms with Crippen molar-refractivity contribution in [3.8, 4) is 28.2 Å². The van der Waals surface area contributed by atoms with E-state index < -0.39 is 0 Å². The Labute approximate surface area is 294 Å². The second kappa shape index (κ2) is 10.8. The molecule has 3 aromatic heterocycles. The van der Waals surface area contributed by atoms with Crippen molar-refractivity contribution < 1.29 is 0 Å². The van der Waals surface area contributed by atoms with Crippen LogP contribution in [0.5, 0.6) is 0 Å². The lowest BCUT2D eigenvalue weighted by atomic mass is 10.1. The van der Waals surface area contributed by atoms with E-state index in [0.29, 0.717) is 0 Å². The number of nitrogens with zero attached hydrogens (tertiary/aromatic N) is 3.